The zero-order chi connectivity index (χ0) is 23.8. The molecular weight excluding hydrogens is 396 g/mol. The number of benzene rings is 1. The van der Waals surface area contributed by atoms with E-state index in [2.05, 4.69) is 89.5 Å². The molecule has 2 saturated carbocycles. The minimum Gasteiger partial charge on any atom is -0.106 e. The highest BCUT2D eigenvalue weighted by atomic mass is 14.7. The molecule has 0 saturated heterocycles. The Morgan fingerprint density at radius 3 is 2.61 bits per heavy atom. The van der Waals surface area contributed by atoms with E-state index in [1.807, 2.05) is 6.92 Å². The smallest absolute Gasteiger partial charge is 0.0233 e. The Morgan fingerprint density at radius 1 is 1.21 bits per heavy atom. The molecule has 2 fully saturated rings. The summed E-state index contributed by atoms with van der Waals surface area (Å²) in [5, 5.41) is 0. The third kappa shape index (κ3) is 4.18. The molecule has 0 N–H and O–H groups in total. The Kier molecular flexibility index (Phi) is 6.82. The van der Waals surface area contributed by atoms with Gasteiger partial charge in [0, 0.05) is 11.8 Å². The van der Waals surface area contributed by atoms with E-state index in [1.54, 1.807) is 5.57 Å². The van der Waals surface area contributed by atoms with Gasteiger partial charge in [0.2, 0.25) is 0 Å². The number of hydrogen-bond donors (Lipinski definition) is 0. The summed E-state index contributed by atoms with van der Waals surface area (Å²) in [6.45, 7) is 18.4. The van der Waals surface area contributed by atoms with E-state index in [0.717, 1.165) is 12.3 Å². The lowest BCUT2D eigenvalue weighted by Crippen LogP contribution is -2.48. The van der Waals surface area contributed by atoms with E-state index in [4.69, 9.17) is 0 Å². The third-order valence-electron chi connectivity index (χ3n) is 9.90. The van der Waals surface area contributed by atoms with Crippen LogP contribution in [0.5, 0.6) is 0 Å². The van der Waals surface area contributed by atoms with Crippen LogP contribution in [0.2, 0.25) is 0 Å². The molecule has 0 amide bonds. The van der Waals surface area contributed by atoms with E-state index >= 15 is 0 Å². The van der Waals surface area contributed by atoms with Crippen molar-refractivity contribution in [1.82, 2.24) is 0 Å². The third-order valence-corrected chi connectivity index (χ3v) is 9.90. The Labute approximate surface area is 203 Å². The quantitative estimate of drug-likeness (QED) is 0.400. The van der Waals surface area contributed by atoms with Gasteiger partial charge in [-0.05, 0) is 86.2 Å². The summed E-state index contributed by atoms with van der Waals surface area (Å²) in [5.41, 5.74) is 7.96. The van der Waals surface area contributed by atoms with Crippen molar-refractivity contribution in [2.24, 2.45) is 28.6 Å². The summed E-state index contributed by atoms with van der Waals surface area (Å²) in [6, 6.07) is 9.41. The molecule has 4 rings (SSSR count). The molecule has 0 heteroatoms. The molecule has 1 aromatic carbocycles. The van der Waals surface area contributed by atoms with Crippen molar-refractivity contribution in [3.8, 4) is 11.8 Å². The molecule has 0 aromatic heterocycles. The van der Waals surface area contributed by atoms with Crippen molar-refractivity contribution >= 4 is 0 Å². The van der Waals surface area contributed by atoms with Gasteiger partial charge in [0.25, 0.3) is 0 Å². The van der Waals surface area contributed by atoms with Crippen molar-refractivity contribution < 1.29 is 0 Å². The van der Waals surface area contributed by atoms with Gasteiger partial charge in [-0.3, -0.25) is 0 Å². The summed E-state index contributed by atoms with van der Waals surface area (Å²) in [6.07, 6.45) is 13.7. The highest BCUT2D eigenvalue weighted by molar-refractivity contribution is 5.43. The molecule has 0 spiro atoms. The van der Waals surface area contributed by atoms with Crippen LogP contribution in [0.25, 0.3) is 0 Å². The molecule has 0 nitrogen and oxygen atoms in total. The molecule has 0 aliphatic heterocycles. The molecule has 176 valence electrons. The predicted octanol–water partition coefficient (Wildman–Crippen LogP) is 9.18. The van der Waals surface area contributed by atoms with Gasteiger partial charge in [-0.25, -0.2) is 0 Å². The maximum absolute atomic E-state index is 4.33. The number of fused-ring (bicyclic) bond motifs is 3. The Hall–Kier alpha value is -2.00. The average Bonchev–Trinajstić information content (AvgIpc) is 3.06. The van der Waals surface area contributed by atoms with Gasteiger partial charge in [0.1, 0.15) is 0 Å². The van der Waals surface area contributed by atoms with Crippen molar-refractivity contribution in [3.63, 3.8) is 0 Å². The molecule has 6 atom stereocenters. The summed E-state index contributed by atoms with van der Waals surface area (Å²) < 4.78 is 0. The van der Waals surface area contributed by atoms with Crippen LogP contribution in [0.4, 0.5) is 0 Å². The van der Waals surface area contributed by atoms with Crippen LogP contribution in [-0.4, -0.2) is 0 Å². The molecule has 0 radical (unpaired) electrons. The number of allylic oxidation sites excluding steroid dienone is 5. The predicted molar refractivity (Wildman–Crippen MR) is 143 cm³/mol. The first kappa shape index (κ1) is 24.1. The van der Waals surface area contributed by atoms with Crippen molar-refractivity contribution in [2.75, 3.05) is 0 Å². The molecular formula is C33H44. The van der Waals surface area contributed by atoms with Gasteiger partial charge in [0.05, 0.1) is 0 Å². The lowest BCUT2D eigenvalue weighted by Gasteiger charge is -2.56. The minimum atomic E-state index is 0.278. The van der Waals surface area contributed by atoms with E-state index in [-0.39, 0.29) is 5.41 Å². The van der Waals surface area contributed by atoms with Crippen LogP contribution < -0.4 is 0 Å². The largest absolute Gasteiger partial charge is 0.106 e. The molecule has 33 heavy (non-hydrogen) atoms. The summed E-state index contributed by atoms with van der Waals surface area (Å²) in [5.74, 6) is 9.26. The minimum absolute atomic E-state index is 0.278. The lowest BCUT2D eigenvalue weighted by atomic mass is 9.48. The van der Waals surface area contributed by atoms with Gasteiger partial charge in [0.15, 0.2) is 0 Å². The topological polar surface area (TPSA) is 0 Å². The fourth-order valence-corrected chi connectivity index (χ4v) is 7.69. The average molecular weight is 441 g/mol. The fourth-order valence-electron chi connectivity index (χ4n) is 7.69. The Morgan fingerprint density at radius 2 is 1.94 bits per heavy atom. The summed E-state index contributed by atoms with van der Waals surface area (Å²) in [4.78, 5) is 0. The normalized spacial score (nSPS) is 35.2. The van der Waals surface area contributed by atoms with E-state index in [9.17, 15) is 0 Å². The number of rotatable bonds is 5. The monoisotopic (exact) mass is 440 g/mol. The number of hydrogen-bond acceptors (Lipinski definition) is 0. The van der Waals surface area contributed by atoms with Crippen molar-refractivity contribution in [2.45, 2.75) is 92.4 Å². The standard InChI is InChI=1S/C33H44/c1-8-10-24(4)20-26-14-17-28-29(21-26)30(27-15-12-23(3)13-16-27)22-33(7)31(28)18-19-32(33,6)25(5)11-9-2/h12-13,15-16,20-21,25,28,30-31H,4,8,10,14,17-19,22H2,1-3,5-7H3/b26-20-/t25-,28?,30?,31?,32?,33?/m1/s1. The van der Waals surface area contributed by atoms with Gasteiger partial charge in [-0.15, -0.1) is 5.92 Å². The van der Waals surface area contributed by atoms with Crippen LogP contribution in [-0.2, 0) is 0 Å². The van der Waals surface area contributed by atoms with Crippen LogP contribution in [0.1, 0.15) is 96.6 Å². The SMILES string of the molecule is C=C(/C=C1\C=C2C(c3ccc(C)cc3)CC3(C)C(CCC3(C)[C@H](C)C#CC)C2CC1)CCC. The van der Waals surface area contributed by atoms with Crippen LogP contribution in [0.3, 0.4) is 0 Å². The van der Waals surface area contributed by atoms with Gasteiger partial charge in [-0.2, -0.15) is 0 Å². The van der Waals surface area contributed by atoms with E-state index < -0.39 is 0 Å². The zero-order valence-corrected chi connectivity index (χ0v) is 21.9. The maximum atomic E-state index is 4.33. The highest BCUT2D eigenvalue weighted by Gasteiger charge is 2.61. The van der Waals surface area contributed by atoms with Crippen LogP contribution in [0, 0.1) is 47.3 Å². The van der Waals surface area contributed by atoms with Crippen molar-refractivity contribution in [1.29, 1.82) is 0 Å². The highest BCUT2D eigenvalue weighted by Crippen LogP contribution is 2.70. The fraction of sp³-hybridized carbons (Fsp3) is 0.576. The molecule has 3 aliphatic carbocycles. The zero-order valence-electron chi connectivity index (χ0n) is 21.9. The van der Waals surface area contributed by atoms with Gasteiger partial charge in [-0.1, -0.05) is 99.7 Å². The molecule has 3 aliphatic rings. The van der Waals surface area contributed by atoms with Gasteiger partial charge >= 0.3 is 0 Å². The van der Waals surface area contributed by atoms with Crippen LogP contribution in [0.15, 0.2) is 59.7 Å². The second-order valence-electron chi connectivity index (χ2n) is 11.7. The Bertz CT molecular complexity index is 1010. The molecule has 5 unspecified atom stereocenters. The van der Waals surface area contributed by atoms with Crippen molar-refractivity contribution in [3.05, 3.63) is 70.8 Å². The lowest BCUT2D eigenvalue weighted by molar-refractivity contribution is -0.0124. The second kappa shape index (κ2) is 9.33. The van der Waals surface area contributed by atoms with Gasteiger partial charge < -0.3 is 0 Å². The second-order valence-corrected chi connectivity index (χ2v) is 11.7. The van der Waals surface area contributed by atoms with E-state index in [1.165, 1.54) is 60.8 Å². The Balaban J connectivity index is 1.79. The molecule has 1 aromatic rings. The summed E-state index contributed by atoms with van der Waals surface area (Å²) in [7, 11) is 0. The van der Waals surface area contributed by atoms with E-state index in [0.29, 0.717) is 23.2 Å². The first-order valence-corrected chi connectivity index (χ1v) is 13.3. The first-order valence-electron chi connectivity index (χ1n) is 13.3. The molecule has 0 bridgehead atoms. The maximum Gasteiger partial charge on any atom is 0.0233 e. The number of aryl methyl sites for hydroxylation is 1. The molecule has 0 heterocycles. The summed E-state index contributed by atoms with van der Waals surface area (Å²) >= 11 is 0. The van der Waals surface area contributed by atoms with Crippen LogP contribution >= 0.6 is 0 Å². The first-order chi connectivity index (χ1) is 15.7.